The van der Waals surface area contributed by atoms with Crippen molar-refractivity contribution in [2.75, 3.05) is 6.54 Å². The highest BCUT2D eigenvalue weighted by atomic mass is 16.5. The van der Waals surface area contributed by atoms with Gasteiger partial charge in [0.15, 0.2) is 0 Å². The molecule has 3 nitrogen and oxygen atoms in total. The Labute approximate surface area is 101 Å². The molecule has 1 aromatic carbocycles. The van der Waals surface area contributed by atoms with Crippen LogP contribution in [0, 0.1) is 5.92 Å². The van der Waals surface area contributed by atoms with Crippen LogP contribution in [0.25, 0.3) is 0 Å². The van der Waals surface area contributed by atoms with Crippen molar-refractivity contribution < 1.29 is 9.53 Å². The fourth-order valence-corrected chi connectivity index (χ4v) is 1.93. The summed E-state index contributed by atoms with van der Waals surface area (Å²) in [5.41, 5.74) is 1.18. The molecule has 0 saturated heterocycles. The third-order valence-corrected chi connectivity index (χ3v) is 2.83. The number of hydrogen-bond acceptors (Lipinski definition) is 3. The zero-order valence-electron chi connectivity index (χ0n) is 9.58. The molecule has 0 bridgehead atoms. The highest BCUT2D eigenvalue weighted by molar-refractivity contribution is 5.33. The number of rotatable bonds is 5. The van der Waals surface area contributed by atoms with Gasteiger partial charge >= 0.3 is 0 Å². The van der Waals surface area contributed by atoms with Gasteiger partial charge in [0.1, 0.15) is 0 Å². The van der Waals surface area contributed by atoms with E-state index in [4.69, 9.17) is 4.74 Å². The Kier molecular flexibility index (Phi) is 4.25. The molecule has 3 heteroatoms. The molecule has 0 radical (unpaired) electrons. The molecule has 88 valence electrons. The third-order valence-electron chi connectivity index (χ3n) is 2.83. The zero-order chi connectivity index (χ0) is 11.9. The third kappa shape index (κ3) is 3.66. The van der Waals surface area contributed by atoms with E-state index >= 15 is 0 Å². The molecule has 2 atom stereocenters. The number of ether oxygens (including phenoxy) is 1. The van der Waals surface area contributed by atoms with E-state index in [1.165, 1.54) is 5.56 Å². The Hall–Kier alpha value is -1.70. The molecule has 2 rings (SSSR count). The predicted molar refractivity (Wildman–Crippen MR) is 65.3 cm³/mol. The fourth-order valence-electron chi connectivity index (χ4n) is 1.93. The van der Waals surface area contributed by atoms with Crippen LogP contribution in [0.3, 0.4) is 0 Å². The maximum atomic E-state index is 10.0. The second-order valence-corrected chi connectivity index (χ2v) is 4.15. The van der Waals surface area contributed by atoms with Gasteiger partial charge in [-0.3, -0.25) is 0 Å². The second-order valence-electron chi connectivity index (χ2n) is 4.15. The van der Waals surface area contributed by atoms with Crippen LogP contribution in [0.15, 0.2) is 47.5 Å². The SMILES string of the molecule is O=C=NC[C@@H]1C=C[C@H](OCc2ccccc2)C1. The van der Waals surface area contributed by atoms with E-state index in [2.05, 4.69) is 11.1 Å². The molecule has 1 aliphatic rings. The van der Waals surface area contributed by atoms with Crippen molar-refractivity contribution in [2.24, 2.45) is 10.9 Å². The molecular weight excluding hydrogens is 214 g/mol. The molecule has 0 amide bonds. The van der Waals surface area contributed by atoms with Gasteiger partial charge in [0.2, 0.25) is 6.08 Å². The smallest absolute Gasteiger partial charge is 0.234 e. The molecular formula is C14H15NO2. The van der Waals surface area contributed by atoms with E-state index in [0.717, 1.165) is 6.42 Å². The topological polar surface area (TPSA) is 38.7 Å². The lowest BCUT2D eigenvalue weighted by atomic mass is 10.1. The van der Waals surface area contributed by atoms with Gasteiger partial charge in [-0.05, 0) is 12.0 Å². The Morgan fingerprint density at radius 2 is 2.12 bits per heavy atom. The molecule has 0 fully saturated rings. The molecule has 0 N–H and O–H groups in total. The highest BCUT2D eigenvalue weighted by Gasteiger charge is 2.18. The summed E-state index contributed by atoms with van der Waals surface area (Å²) in [6.45, 7) is 1.14. The van der Waals surface area contributed by atoms with Crippen LogP contribution >= 0.6 is 0 Å². The van der Waals surface area contributed by atoms with Crippen LogP contribution in [0.5, 0.6) is 0 Å². The molecule has 17 heavy (non-hydrogen) atoms. The Morgan fingerprint density at radius 3 is 2.88 bits per heavy atom. The van der Waals surface area contributed by atoms with E-state index in [1.54, 1.807) is 6.08 Å². The number of benzene rings is 1. The molecule has 0 saturated carbocycles. The van der Waals surface area contributed by atoms with Crippen LogP contribution in [-0.2, 0) is 16.1 Å². The van der Waals surface area contributed by atoms with E-state index in [-0.39, 0.29) is 6.10 Å². The quantitative estimate of drug-likeness (QED) is 0.442. The molecule has 0 spiro atoms. The Morgan fingerprint density at radius 1 is 1.29 bits per heavy atom. The number of aliphatic imine (C=N–C) groups is 1. The van der Waals surface area contributed by atoms with Gasteiger partial charge in [-0.25, -0.2) is 9.79 Å². The highest BCUT2D eigenvalue weighted by Crippen LogP contribution is 2.21. The summed E-state index contributed by atoms with van der Waals surface area (Å²) < 4.78 is 5.77. The molecule has 1 aliphatic carbocycles. The summed E-state index contributed by atoms with van der Waals surface area (Å²) in [6.07, 6.45) is 6.72. The van der Waals surface area contributed by atoms with Gasteiger partial charge in [0.25, 0.3) is 0 Å². The lowest BCUT2D eigenvalue weighted by Crippen LogP contribution is -2.10. The predicted octanol–water partition coefficient (Wildman–Crippen LogP) is 2.48. The van der Waals surface area contributed by atoms with E-state index in [9.17, 15) is 4.79 Å². The number of hydrogen-bond donors (Lipinski definition) is 0. The summed E-state index contributed by atoms with van der Waals surface area (Å²) in [7, 11) is 0. The summed E-state index contributed by atoms with van der Waals surface area (Å²) in [5.74, 6) is 0.317. The molecule has 0 aromatic heterocycles. The van der Waals surface area contributed by atoms with Crippen LogP contribution in [0.1, 0.15) is 12.0 Å². The van der Waals surface area contributed by atoms with E-state index in [1.807, 2.05) is 36.4 Å². The van der Waals surface area contributed by atoms with E-state index in [0.29, 0.717) is 19.1 Å². The fraction of sp³-hybridized carbons (Fsp3) is 0.357. The van der Waals surface area contributed by atoms with Gasteiger partial charge < -0.3 is 4.74 Å². The minimum atomic E-state index is 0.141. The minimum Gasteiger partial charge on any atom is -0.369 e. The first-order chi connectivity index (χ1) is 8.38. The number of carbonyl (C=O) groups excluding carboxylic acids is 1. The summed E-state index contributed by atoms with van der Waals surface area (Å²) in [4.78, 5) is 13.6. The van der Waals surface area contributed by atoms with Gasteiger partial charge in [-0.15, -0.1) is 0 Å². The van der Waals surface area contributed by atoms with Gasteiger partial charge in [0.05, 0.1) is 19.3 Å². The first-order valence-corrected chi connectivity index (χ1v) is 5.76. The maximum absolute atomic E-state index is 10.0. The largest absolute Gasteiger partial charge is 0.369 e. The van der Waals surface area contributed by atoms with Crippen LogP contribution in [0.4, 0.5) is 0 Å². The normalized spacial score (nSPS) is 22.4. The first-order valence-electron chi connectivity index (χ1n) is 5.76. The van der Waals surface area contributed by atoms with Gasteiger partial charge in [-0.2, -0.15) is 0 Å². The molecule has 0 heterocycles. The van der Waals surface area contributed by atoms with Crippen molar-refractivity contribution in [3.63, 3.8) is 0 Å². The maximum Gasteiger partial charge on any atom is 0.234 e. The van der Waals surface area contributed by atoms with Crippen LogP contribution in [0.2, 0.25) is 0 Å². The summed E-state index contributed by atoms with van der Waals surface area (Å²) >= 11 is 0. The molecule has 0 aliphatic heterocycles. The van der Waals surface area contributed by atoms with E-state index < -0.39 is 0 Å². The van der Waals surface area contributed by atoms with Crippen LogP contribution in [-0.4, -0.2) is 18.7 Å². The average Bonchev–Trinajstić information content (AvgIpc) is 2.83. The van der Waals surface area contributed by atoms with Crippen LogP contribution < -0.4 is 0 Å². The summed E-state index contributed by atoms with van der Waals surface area (Å²) in [6, 6.07) is 10.1. The number of nitrogens with zero attached hydrogens (tertiary/aromatic N) is 1. The van der Waals surface area contributed by atoms with Crippen molar-refractivity contribution >= 4 is 6.08 Å². The van der Waals surface area contributed by atoms with Crippen molar-refractivity contribution in [3.8, 4) is 0 Å². The average molecular weight is 229 g/mol. The minimum absolute atomic E-state index is 0.141. The monoisotopic (exact) mass is 229 g/mol. The molecule has 1 aromatic rings. The van der Waals surface area contributed by atoms with Gasteiger partial charge in [0, 0.05) is 5.92 Å². The lowest BCUT2D eigenvalue weighted by molar-refractivity contribution is 0.0669. The van der Waals surface area contributed by atoms with Gasteiger partial charge in [-0.1, -0.05) is 42.5 Å². The lowest BCUT2D eigenvalue weighted by Gasteiger charge is -2.11. The Balaban J connectivity index is 1.75. The van der Waals surface area contributed by atoms with Crippen molar-refractivity contribution in [1.82, 2.24) is 0 Å². The van der Waals surface area contributed by atoms with Crippen molar-refractivity contribution in [1.29, 1.82) is 0 Å². The summed E-state index contributed by atoms with van der Waals surface area (Å²) in [5, 5.41) is 0. The standard InChI is InChI=1S/C14H15NO2/c16-11-15-9-13-6-7-14(8-13)17-10-12-4-2-1-3-5-12/h1-7,13-14H,8-10H2/t13-,14+/m1/s1. The molecule has 0 unspecified atom stereocenters. The number of isocyanates is 1. The Bertz CT molecular complexity index is 421. The first kappa shape index (κ1) is 11.8. The van der Waals surface area contributed by atoms with Crippen molar-refractivity contribution in [3.05, 3.63) is 48.0 Å². The zero-order valence-corrected chi connectivity index (χ0v) is 9.58. The second kappa shape index (κ2) is 6.14. The van der Waals surface area contributed by atoms with Crippen molar-refractivity contribution in [2.45, 2.75) is 19.1 Å².